The summed E-state index contributed by atoms with van der Waals surface area (Å²) in [6.45, 7) is 2.01. The minimum absolute atomic E-state index is 0.274. The van der Waals surface area contributed by atoms with Crippen LogP contribution in [-0.2, 0) is 4.74 Å². The molecule has 0 bridgehead atoms. The summed E-state index contributed by atoms with van der Waals surface area (Å²) in [6, 6.07) is 13.0. The van der Waals surface area contributed by atoms with E-state index < -0.39 is 17.3 Å². The molecule has 0 fully saturated rings. The van der Waals surface area contributed by atoms with E-state index in [0.29, 0.717) is 26.5 Å². The topological polar surface area (TPSA) is 103 Å². The number of benzene rings is 2. The van der Waals surface area contributed by atoms with Crippen LogP contribution in [0.25, 0.3) is 15.9 Å². The molecule has 0 atom stereocenters. The summed E-state index contributed by atoms with van der Waals surface area (Å²) < 4.78 is 7.10. The first-order valence-corrected chi connectivity index (χ1v) is 10.4. The zero-order valence-corrected chi connectivity index (χ0v) is 17.7. The number of rotatable bonds is 5. The second-order valence-electron chi connectivity index (χ2n) is 6.33. The molecule has 0 unspecified atom stereocenters. The number of carbonyl (C=O) groups is 2. The average Bonchev–Trinajstić information content (AvgIpc) is 3.16. The molecule has 4 aromatic rings. The number of nitrogens with zero attached hydrogens (tertiary/aromatic N) is 3. The molecule has 0 radical (unpaired) electrons. The fourth-order valence-electron chi connectivity index (χ4n) is 2.78. The highest BCUT2D eigenvalue weighted by atomic mass is 35.5. The Hall–Kier alpha value is -3.56. The van der Waals surface area contributed by atoms with Gasteiger partial charge in [0.2, 0.25) is 5.43 Å². The minimum atomic E-state index is -0.682. The Balaban J connectivity index is 1.60. The van der Waals surface area contributed by atoms with Crippen molar-refractivity contribution in [3.63, 3.8) is 0 Å². The predicted molar refractivity (Wildman–Crippen MR) is 118 cm³/mol. The van der Waals surface area contributed by atoms with Gasteiger partial charge in [0.05, 0.1) is 28.1 Å². The second-order valence-corrected chi connectivity index (χ2v) is 7.79. The number of nitrogens with one attached hydrogen (secondary N) is 1. The number of fused-ring (bicyclic) bond motifs is 1. The maximum Gasteiger partial charge on any atom is 0.338 e. The largest absolute Gasteiger partial charge is 0.462 e. The standard InChI is InChI=1S/C21H15ClN4O4S/c1-2-30-20(29)12-3-8-15-17(11-12)31-21(23-15)24-19(28)18-16(27)9-10-26(25-18)14-6-4-13(22)5-7-14/h3-11H,2H2,1H3,(H,23,24,28). The average molecular weight is 455 g/mol. The molecule has 0 saturated heterocycles. The van der Waals surface area contributed by atoms with Crippen LogP contribution in [0.5, 0.6) is 0 Å². The summed E-state index contributed by atoms with van der Waals surface area (Å²) >= 11 is 7.07. The number of ether oxygens (including phenoxy) is 1. The number of halogens is 1. The Morgan fingerprint density at radius 3 is 2.68 bits per heavy atom. The summed E-state index contributed by atoms with van der Waals surface area (Å²) in [7, 11) is 0. The van der Waals surface area contributed by atoms with Crippen molar-refractivity contribution in [1.29, 1.82) is 0 Å². The lowest BCUT2D eigenvalue weighted by atomic mass is 10.2. The summed E-state index contributed by atoms with van der Waals surface area (Å²) in [5.41, 5.74) is 0.849. The summed E-state index contributed by atoms with van der Waals surface area (Å²) in [5, 5.41) is 7.59. The Morgan fingerprint density at radius 2 is 1.94 bits per heavy atom. The summed E-state index contributed by atoms with van der Waals surface area (Å²) in [6.07, 6.45) is 1.47. The number of thiazole rings is 1. The first-order valence-electron chi connectivity index (χ1n) is 9.19. The molecular weight excluding hydrogens is 440 g/mol. The van der Waals surface area contributed by atoms with Crippen molar-refractivity contribution in [2.24, 2.45) is 0 Å². The molecule has 2 aromatic heterocycles. The number of aromatic nitrogens is 3. The molecule has 0 aliphatic carbocycles. The third-order valence-corrected chi connectivity index (χ3v) is 5.42. The highest BCUT2D eigenvalue weighted by molar-refractivity contribution is 7.22. The summed E-state index contributed by atoms with van der Waals surface area (Å²) in [5.74, 6) is -1.11. The molecule has 8 nitrogen and oxygen atoms in total. The van der Waals surface area contributed by atoms with Crippen molar-refractivity contribution < 1.29 is 14.3 Å². The normalized spacial score (nSPS) is 10.8. The van der Waals surface area contributed by atoms with Gasteiger partial charge in [-0.2, -0.15) is 5.10 Å². The fourth-order valence-corrected chi connectivity index (χ4v) is 3.80. The van der Waals surface area contributed by atoms with Crippen LogP contribution in [0.15, 0.2) is 59.5 Å². The van der Waals surface area contributed by atoms with Crippen molar-refractivity contribution >= 4 is 50.2 Å². The zero-order valence-electron chi connectivity index (χ0n) is 16.2. The molecule has 31 heavy (non-hydrogen) atoms. The SMILES string of the molecule is CCOC(=O)c1ccc2nc(NC(=O)c3nn(-c4ccc(Cl)cc4)ccc3=O)sc2c1. The van der Waals surface area contributed by atoms with Gasteiger partial charge in [0, 0.05) is 17.3 Å². The first kappa shape index (κ1) is 20.7. The van der Waals surface area contributed by atoms with Crippen LogP contribution in [-0.4, -0.2) is 33.2 Å². The lowest BCUT2D eigenvalue weighted by molar-refractivity contribution is 0.0526. The van der Waals surface area contributed by atoms with E-state index in [1.807, 2.05) is 0 Å². The van der Waals surface area contributed by atoms with Gasteiger partial charge in [-0.3, -0.25) is 14.9 Å². The third kappa shape index (κ3) is 4.47. The number of anilines is 1. The third-order valence-electron chi connectivity index (χ3n) is 4.23. The molecule has 0 aliphatic heterocycles. The van der Waals surface area contributed by atoms with Crippen molar-refractivity contribution in [2.75, 3.05) is 11.9 Å². The van der Waals surface area contributed by atoms with Crippen LogP contribution in [0, 0.1) is 0 Å². The van der Waals surface area contributed by atoms with E-state index >= 15 is 0 Å². The van der Waals surface area contributed by atoms with E-state index in [2.05, 4.69) is 15.4 Å². The number of amides is 1. The van der Waals surface area contributed by atoms with E-state index in [1.165, 1.54) is 28.3 Å². The monoisotopic (exact) mass is 454 g/mol. The van der Waals surface area contributed by atoms with Crippen molar-refractivity contribution in [2.45, 2.75) is 6.92 Å². The highest BCUT2D eigenvalue weighted by Gasteiger charge is 2.17. The van der Waals surface area contributed by atoms with Gasteiger partial charge in [-0.25, -0.2) is 14.5 Å². The zero-order chi connectivity index (χ0) is 22.0. The van der Waals surface area contributed by atoms with E-state index in [9.17, 15) is 14.4 Å². The maximum absolute atomic E-state index is 12.7. The molecule has 0 saturated carbocycles. The second kappa shape index (κ2) is 8.66. The van der Waals surface area contributed by atoms with E-state index in [-0.39, 0.29) is 17.4 Å². The van der Waals surface area contributed by atoms with Crippen molar-refractivity contribution in [3.05, 3.63) is 81.2 Å². The highest BCUT2D eigenvalue weighted by Crippen LogP contribution is 2.27. The molecule has 0 aliphatic rings. The molecule has 156 valence electrons. The van der Waals surface area contributed by atoms with Gasteiger partial charge in [0.15, 0.2) is 10.8 Å². The van der Waals surface area contributed by atoms with Crippen molar-refractivity contribution in [3.8, 4) is 5.69 Å². The molecule has 10 heteroatoms. The Bertz CT molecular complexity index is 1350. The van der Waals surface area contributed by atoms with Crippen LogP contribution >= 0.6 is 22.9 Å². The van der Waals surface area contributed by atoms with Crippen molar-refractivity contribution in [1.82, 2.24) is 14.8 Å². The molecular formula is C21H15ClN4O4S. The van der Waals surface area contributed by atoms with Gasteiger partial charge in [0.25, 0.3) is 5.91 Å². The maximum atomic E-state index is 12.7. The molecule has 4 rings (SSSR count). The quantitative estimate of drug-likeness (QED) is 0.458. The molecule has 1 N–H and O–H groups in total. The van der Waals surface area contributed by atoms with Crippen LogP contribution in [0.2, 0.25) is 5.02 Å². The van der Waals surface area contributed by atoms with E-state index in [1.54, 1.807) is 49.4 Å². The van der Waals surface area contributed by atoms with E-state index in [0.717, 1.165) is 0 Å². The molecule has 0 spiro atoms. The first-order chi connectivity index (χ1) is 14.9. The fraction of sp³-hybridized carbons (Fsp3) is 0.0952. The Morgan fingerprint density at radius 1 is 1.16 bits per heavy atom. The van der Waals surface area contributed by atoms with Gasteiger partial charge < -0.3 is 4.74 Å². The number of carbonyl (C=O) groups excluding carboxylic acids is 2. The molecule has 2 aromatic carbocycles. The molecule has 2 heterocycles. The van der Waals surface area contributed by atoms with Crippen LogP contribution in [0.4, 0.5) is 5.13 Å². The lowest BCUT2D eigenvalue weighted by Gasteiger charge is -2.07. The molecule has 1 amide bonds. The van der Waals surface area contributed by atoms with Crippen LogP contribution in [0.1, 0.15) is 27.8 Å². The van der Waals surface area contributed by atoms with Gasteiger partial charge in [-0.1, -0.05) is 22.9 Å². The van der Waals surface area contributed by atoms with Crippen LogP contribution in [0.3, 0.4) is 0 Å². The van der Waals surface area contributed by atoms with E-state index in [4.69, 9.17) is 16.3 Å². The van der Waals surface area contributed by atoms with Gasteiger partial charge in [0.1, 0.15) is 0 Å². The lowest BCUT2D eigenvalue weighted by Crippen LogP contribution is -2.25. The number of hydrogen-bond acceptors (Lipinski definition) is 7. The Labute approximate surface area is 185 Å². The van der Waals surface area contributed by atoms with Gasteiger partial charge in [-0.15, -0.1) is 0 Å². The van der Waals surface area contributed by atoms with Crippen LogP contribution < -0.4 is 10.7 Å². The van der Waals surface area contributed by atoms with Gasteiger partial charge >= 0.3 is 5.97 Å². The Kier molecular flexibility index (Phi) is 5.79. The smallest absolute Gasteiger partial charge is 0.338 e. The summed E-state index contributed by atoms with van der Waals surface area (Å²) in [4.78, 5) is 41.1. The van der Waals surface area contributed by atoms with Gasteiger partial charge in [-0.05, 0) is 49.4 Å². The number of esters is 1. The number of hydrogen-bond donors (Lipinski definition) is 1. The minimum Gasteiger partial charge on any atom is -0.462 e. The predicted octanol–water partition coefficient (Wildman–Crippen LogP) is 3.92.